The van der Waals surface area contributed by atoms with Gasteiger partial charge in [0, 0.05) is 13.0 Å². The fraction of sp³-hybridized carbons (Fsp3) is 0.364. The summed E-state index contributed by atoms with van der Waals surface area (Å²) in [7, 11) is 0. The number of tetrazole rings is 1. The van der Waals surface area contributed by atoms with Gasteiger partial charge in [-0.2, -0.15) is 4.68 Å². The van der Waals surface area contributed by atoms with E-state index in [1.54, 1.807) is 4.68 Å². The first-order valence-corrected chi connectivity index (χ1v) is 11.4. The summed E-state index contributed by atoms with van der Waals surface area (Å²) in [6, 6.07) is 15.8. The second kappa shape index (κ2) is 8.97. The Morgan fingerprint density at radius 1 is 1.06 bits per heavy atom. The molecular formula is C22H23N5O3S. The third-order valence-electron chi connectivity index (χ3n) is 5.50. The second-order valence-electron chi connectivity index (χ2n) is 7.50. The van der Waals surface area contributed by atoms with Gasteiger partial charge in [-0.25, -0.2) is 0 Å². The number of rotatable bonds is 5. The lowest BCUT2D eigenvalue weighted by atomic mass is 10.0. The summed E-state index contributed by atoms with van der Waals surface area (Å²) in [4.78, 5) is 15.0. The lowest BCUT2D eigenvalue weighted by Crippen LogP contribution is -2.32. The number of amides is 1. The Morgan fingerprint density at radius 3 is 2.77 bits per heavy atom. The van der Waals surface area contributed by atoms with E-state index in [9.17, 15) is 4.79 Å². The van der Waals surface area contributed by atoms with Crippen LogP contribution in [0.3, 0.4) is 0 Å². The van der Waals surface area contributed by atoms with Crippen molar-refractivity contribution in [3.63, 3.8) is 0 Å². The van der Waals surface area contributed by atoms with E-state index in [0.717, 1.165) is 48.6 Å². The highest BCUT2D eigenvalue weighted by Gasteiger charge is 2.31. The average molecular weight is 438 g/mol. The lowest BCUT2D eigenvalue weighted by molar-refractivity contribution is -0.129. The van der Waals surface area contributed by atoms with Crippen molar-refractivity contribution >= 4 is 17.7 Å². The number of benzene rings is 2. The van der Waals surface area contributed by atoms with Crippen molar-refractivity contribution in [3.05, 3.63) is 54.1 Å². The molecule has 1 saturated heterocycles. The van der Waals surface area contributed by atoms with Crippen molar-refractivity contribution in [1.29, 1.82) is 0 Å². The smallest absolute Gasteiger partial charge is 0.233 e. The van der Waals surface area contributed by atoms with Crippen LogP contribution in [0.4, 0.5) is 0 Å². The van der Waals surface area contributed by atoms with E-state index in [0.29, 0.717) is 18.4 Å². The number of nitrogens with zero attached hydrogens (tertiary/aromatic N) is 5. The number of fused-ring (bicyclic) bond motifs is 1. The molecule has 0 unspecified atom stereocenters. The standard InChI is InChI=1S/C22H23N5O3S/c28-21(15-31-22-23-24-25-27(22)17-6-2-1-3-7-17)26-11-4-8-18(26)16-9-10-19-20(14-16)30-13-5-12-29-19/h1-3,6-7,9-10,14,18H,4-5,8,11-13,15H2/t18-/m0/s1. The van der Waals surface area contributed by atoms with Crippen LogP contribution in [0, 0.1) is 0 Å². The van der Waals surface area contributed by atoms with Crippen LogP contribution < -0.4 is 9.47 Å². The molecule has 9 heteroatoms. The van der Waals surface area contributed by atoms with E-state index in [1.807, 2.05) is 53.4 Å². The van der Waals surface area contributed by atoms with Gasteiger partial charge < -0.3 is 14.4 Å². The maximum absolute atomic E-state index is 13.1. The van der Waals surface area contributed by atoms with E-state index in [-0.39, 0.29) is 17.7 Å². The van der Waals surface area contributed by atoms with Crippen molar-refractivity contribution in [3.8, 4) is 17.2 Å². The molecule has 31 heavy (non-hydrogen) atoms. The molecule has 1 amide bonds. The van der Waals surface area contributed by atoms with Crippen molar-refractivity contribution in [2.75, 3.05) is 25.5 Å². The molecule has 3 aromatic rings. The quantitative estimate of drug-likeness (QED) is 0.567. The Kier molecular flexibility index (Phi) is 5.75. The maximum atomic E-state index is 13.1. The molecule has 0 spiro atoms. The van der Waals surface area contributed by atoms with Gasteiger partial charge in [0.15, 0.2) is 11.5 Å². The zero-order chi connectivity index (χ0) is 21.0. The van der Waals surface area contributed by atoms with Crippen molar-refractivity contribution in [1.82, 2.24) is 25.1 Å². The number of hydrogen-bond acceptors (Lipinski definition) is 7. The summed E-state index contributed by atoms with van der Waals surface area (Å²) in [6.07, 6.45) is 2.80. The van der Waals surface area contributed by atoms with Crippen LogP contribution >= 0.6 is 11.8 Å². The van der Waals surface area contributed by atoms with Crippen LogP contribution in [-0.4, -0.2) is 56.5 Å². The molecule has 8 nitrogen and oxygen atoms in total. The van der Waals surface area contributed by atoms with Crippen LogP contribution in [-0.2, 0) is 4.79 Å². The summed E-state index contributed by atoms with van der Waals surface area (Å²) in [6.45, 7) is 2.07. The predicted molar refractivity (Wildman–Crippen MR) is 116 cm³/mol. The summed E-state index contributed by atoms with van der Waals surface area (Å²) in [5, 5.41) is 12.5. The van der Waals surface area contributed by atoms with Gasteiger partial charge >= 0.3 is 0 Å². The summed E-state index contributed by atoms with van der Waals surface area (Å²) in [5.41, 5.74) is 1.96. The number of para-hydroxylation sites is 1. The molecule has 160 valence electrons. The Morgan fingerprint density at radius 2 is 1.90 bits per heavy atom. The van der Waals surface area contributed by atoms with E-state index >= 15 is 0 Å². The zero-order valence-corrected chi connectivity index (χ0v) is 17.8. The number of carbonyl (C=O) groups is 1. The number of ether oxygens (including phenoxy) is 2. The molecule has 3 heterocycles. The van der Waals surface area contributed by atoms with E-state index in [1.165, 1.54) is 11.8 Å². The van der Waals surface area contributed by atoms with Crippen LogP contribution in [0.5, 0.6) is 11.5 Å². The van der Waals surface area contributed by atoms with Gasteiger partial charge in [0.1, 0.15) is 0 Å². The number of thioether (sulfide) groups is 1. The minimum Gasteiger partial charge on any atom is -0.490 e. The molecule has 5 rings (SSSR count). The van der Waals surface area contributed by atoms with Gasteiger partial charge in [0.25, 0.3) is 0 Å². The van der Waals surface area contributed by atoms with Gasteiger partial charge in [-0.1, -0.05) is 36.0 Å². The number of carbonyl (C=O) groups excluding carboxylic acids is 1. The number of hydrogen-bond donors (Lipinski definition) is 0. The first-order valence-electron chi connectivity index (χ1n) is 10.5. The van der Waals surface area contributed by atoms with Gasteiger partial charge in [-0.15, -0.1) is 5.10 Å². The first kappa shape index (κ1) is 19.9. The molecule has 2 aliphatic heterocycles. The Bertz CT molecular complexity index is 1060. The molecule has 1 fully saturated rings. The number of aromatic nitrogens is 4. The first-order chi connectivity index (χ1) is 15.3. The SMILES string of the molecule is O=C(CSc1nnnn1-c1ccccc1)N1CCC[C@H]1c1ccc2c(c1)OCCCO2. The molecule has 2 aromatic carbocycles. The molecule has 0 saturated carbocycles. The molecule has 0 N–H and O–H groups in total. The fourth-order valence-corrected chi connectivity index (χ4v) is 4.79. The van der Waals surface area contributed by atoms with E-state index < -0.39 is 0 Å². The van der Waals surface area contributed by atoms with E-state index in [4.69, 9.17) is 9.47 Å². The summed E-state index contributed by atoms with van der Waals surface area (Å²) >= 11 is 1.36. The monoisotopic (exact) mass is 437 g/mol. The van der Waals surface area contributed by atoms with Gasteiger partial charge in [-0.05, 0) is 53.1 Å². The van der Waals surface area contributed by atoms with Crippen LogP contribution in [0.15, 0.2) is 53.7 Å². The molecule has 0 aliphatic carbocycles. The van der Waals surface area contributed by atoms with Crippen molar-refractivity contribution < 1.29 is 14.3 Å². The Labute approximate surface area is 184 Å². The number of likely N-dealkylation sites (tertiary alicyclic amines) is 1. The minimum atomic E-state index is 0.0513. The highest BCUT2D eigenvalue weighted by molar-refractivity contribution is 7.99. The molecule has 0 radical (unpaired) electrons. The Balaban J connectivity index is 1.28. The van der Waals surface area contributed by atoms with Crippen LogP contribution in [0.1, 0.15) is 30.9 Å². The summed E-state index contributed by atoms with van der Waals surface area (Å²) < 4.78 is 13.2. The van der Waals surface area contributed by atoms with Gasteiger partial charge in [0.05, 0.1) is 30.7 Å². The lowest BCUT2D eigenvalue weighted by Gasteiger charge is -2.25. The highest BCUT2D eigenvalue weighted by Crippen LogP contribution is 2.38. The molecule has 0 bridgehead atoms. The second-order valence-corrected chi connectivity index (χ2v) is 8.44. The highest BCUT2D eigenvalue weighted by atomic mass is 32.2. The minimum absolute atomic E-state index is 0.0513. The maximum Gasteiger partial charge on any atom is 0.233 e. The predicted octanol–water partition coefficient (Wildman–Crippen LogP) is 3.28. The van der Waals surface area contributed by atoms with Crippen LogP contribution in [0.25, 0.3) is 5.69 Å². The van der Waals surface area contributed by atoms with Crippen LogP contribution in [0.2, 0.25) is 0 Å². The van der Waals surface area contributed by atoms with Crippen molar-refractivity contribution in [2.45, 2.75) is 30.5 Å². The zero-order valence-electron chi connectivity index (χ0n) is 17.0. The van der Waals surface area contributed by atoms with Gasteiger partial charge in [0.2, 0.25) is 11.1 Å². The average Bonchev–Trinajstić information content (AvgIpc) is 3.43. The van der Waals surface area contributed by atoms with Crippen molar-refractivity contribution in [2.24, 2.45) is 0 Å². The molecule has 2 aliphatic rings. The third kappa shape index (κ3) is 4.23. The normalized spacial score (nSPS) is 18.1. The fourth-order valence-electron chi connectivity index (χ4n) is 4.01. The third-order valence-corrected chi connectivity index (χ3v) is 6.40. The largest absolute Gasteiger partial charge is 0.490 e. The van der Waals surface area contributed by atoms with Gasteiger partial charge in [-0.3, -0.25) is 4.79 Å². The topological polar surface area (TPSA) is 82.4 Å². The molecule has 1 aromatic heterocycles. The Hall–Kier alpha value is -3.07. The van der Waals surface area contributed by atoms with E-state index in [2.05, 4.69) is 15.5 Å². The molecule has 1 atom stereocenters. The summed E-state index contributed by atoms with van der Waals surface area (Å²) in [5.74, 6) is 1.92. The molecular weight excluding hydrogens is 414 g/mol.